The Morgan fingerprint density at radius 3 is 2.49 bits per heavy atom. The number of nitrogens with zero attached hydrogens (tertiary/aromatic N) is 5. The third-order valence-electron chi connectivity index (χ3n) is 7.12. The van der Waals surface area contributed by atoms with Gasteiger partial charge in [-0.25, -0.2) is 13.8 Å². The van der Waals surface area contributed by atoms with Gasteiger partial charge < -0.3 is 19.4 Å². The van der Waals surface area contributed by atoms with Gasteiger partial charge in [0.25, 0.3) is 0 Å². The Morgan fingerprint density at radius 2 is 1.78 bits per heavy atom. The topological polar surface area (TPSA) is 61.8 Å². The molecule has 0 unspecified atom stereocenters. The van der Waals surface area contributed by atoms with Crippen LogP contribution in [0.25, 0.3) is 0 Å². The van der Waals surface area contributed by atoms with Crippen molar-refractivity contribution in [2.75, 3.05) is 44.7 Å². The highest BCUT2D eigenvalue weighted by atomic mass is 19.1. The Bertz CT molecular complexity index is 1260. The lowest BCUT2D eigenvalue weighted by molar-refractivity contribution is -0.133. The van der Waals surface area contributed by atoms with Crippen LogP contribution in [0.15, 0.2) is 48.5 Å². The predicted molar refractivity (Wildman–Crippen MR) is 137 cm³/mol. The van der Waals surface area contributed by atoms with Gasteiger partial charge in [-0.2, -0.15) is 4.98 Å². The highest BCUT2D eigenvalue weighted by Crippen LogP contribution is 2.34. The lowest BCUT2D eigenvalue weighted by atomic mass is 9.94. The molecule has 0 saturated carbocycles. The first-order chi connectivity index (χ1) is 17.9. The van der Waals surface area contributed by atoms with Gasteiger partial charge in [0.1, 0.15) is 5.82 Å². The molecule has 1 fully saturated rings. The number of rotatable bonds is 6. The van der Waals surface area contributed by atoms with Gasteiger partial charge in [0.15, 0.2) is 11.6 Å². The number of aromatic nitrogens is 2. The molecule has 37 heavy (non-hydrogen) atoms. The van der Waals surface area contributed by atoms with E-state index >= 15 is 0 Å². The minimum absolute atomic E-state index is 0.0291. The summed E-state index contributed by atoms with van der Waals surface area (Å²) < 4.78 is 34.0. The summed E-state index contributed by atoms with van der Waals surface area (Å²) in [6.07, 6.45) is 1.22. The highest BCUT2D eigenvalue weighted by molar-refractivity contribution is 5.84. The molecule has 1 atom stereocenters. The van der Waals surface area contributed by atoms with E-state index in [4.69, 9.17) is 9.72 Å². The maximum atomic E-state index is 14.5. The number of carbonyl (C=O) groups excluding carboxylic acids is 1. The lowest BCUT2D eigenvalue weighted by Crippen LogP contribution is -2.45. The van der Waals surface area contributed by atoms with E-state index in [9.17, 15) is 13.6 Å². The van der Waals surface area contributed by atoms with Crippen LogP contribution in [0.1, 0.15) is 36.1 Å². The zero-order chi connectivity index (χ0) is 25.9. The van der Waals surface area contributed by atoms with Crippen LogP contribution in [0.3, 0.4) is 0 Å². The molecule has 9 heteroatoms. The molecule has 0 aliphatic carbocycles. The molecule has 7 nitrogen and oxygen atoms in total. The van der Waals surface area contributed by atoms with Gasteiger partial charge >= 0.3 is 0 Å². The van der Waals surface area contributed by atoms with E-state index in [1.165, 1.54) is 6.07 Å². The number of benzene rings is 2. The summed E-state index contributed by atoms with van der Waals surface area (Å²) in [6, 6.07) is 12.9. The second kappa shape index (κ2) is 10.8. The van der Waals surface area contributed by atoms with Crippen molar-refractivity contribution in [1.82, 2.24) is 19.8 Å². The van der Waals surface area contributed by atoms with E-state index in [1.54, 1.807) is 4.90 Å². The number of piperazine rings is 1. The first-order valence-electron chi connectivity index (χ1n) is 12.7. The van der Waals surface area contributed by atoms with E-state index < -0.39 is 11.6 Å². The van der Waals surface area contributed by atoms with Gasteiger partial charge in [0, 0.05) is 45.2 Å². The minimum atomic E-state index is -0.813. The summed E-state index contributed by atoms with van der Waals surface area (Å²) in [6.45, 7) is 6.08. The number of hydrogen-bond acceptors (Lipinski definition) is 6. The van der Waals surface area contributed by atoms with Crippen molar-refractivity contribution in [3.63, 3.8) is 0 Å². The molecule has 0 radical (unpaired) electrons. The molecule has 2 aromatic carbocycles. The Labute approximate surface area is 215 Å². The van der Waals surface area contributed by atoms with E-state index in [-0.39, 0.29) is 30.0 Å². The third-order valence-corrected chi connectivity index (χ3v) is 7.12. The van der Waals surface area contributed by atoms with Crippen LogP contribution >= 0.6 is 0 Å². The van der Waals surface area contributed by atoms with Gasteiger partial charge in [0.05, 0.1) is 23.7 Å². The van der Waals surface area contributed by atoms with Crippen molar-refractivity contribution in [3.05, 3.63) is 77.0 Å². The molecule has 5 rings (SSSR count). The Hall–Kier alpha value is -3.59. The molecule has 1 aromatic heterocycles. The van der Waals surface area contributed by atoms with Crippen molar-refractivity contribution in [3.8, 4) is 11.6 Å². The van der Waals surface area contributed by atoms with Gasteiger partial charge in [-0.3, -0.25) is 4.79 Å². The molecule has 2 aliphatic rings. The second-order valence-electron chi connectivity index (χ2n) is 9.60. The molecule has 3 heterocycles. The summed E-state index contributed by atoms with van der Waals surface area (Å²) >= 11 is 0. The number of likely N-dealkylation sites (N-methyl/N-ethyl adjacent to an activating group) is 1. The third kappa shape index (κ3) is 5.41. The zero-order valence-corrected chi connectivity index (χ0v) is 21.2. The minimum Gasteiger partial charge on any atom is -0.435 e. The van der Waals surface area contributed by atoms with Gasteiger partial charge in [-0.1, -0.05) is 37.3 Å². The number of hydrogen-bond donors (Lipinski definition) is 0. The number of ether oxygens (including phenoxy) is 1. The SMILES string of the molecule is CC[C@H](C(=O)N1CCc2nc(N3CCN(C)CC3)nc(Oc3ccc(F)cc3F)c2C1)c1ccccc1. The average Bonchev–Trinajstić information content (AvgIpc) is 2.91. The number of halogens is 2. The van der Waals surface area contributed by atoms with E-state index in [0.717, 1.165) is 49.6 Å². The molecule has 3 aromatic rings. The van der Waals surface area contributed by atoms with E-state index in [0.29, 0.717) is 30.9 Å². The number of amides is 1. The van der Waals surface area contributed by atoms with Crippen LogP contribution < -0.4 is 9.64 Å². The van der Waals surface area contributed by atoms with Crippen molar-refractivity contribution >= 4 is 11.9 Å². The summed E-state index contributed by atoms with van der Waals surface area (Å²) in [7, 11) is 2.07. The number of fused-ring (bicyclic) bond motifs is 1. The van der Waals surface area contributed by atoms with Gasteiger partial charge in [-0.15, -0.1) is 0 Å². The second-order valence-corrected chi connectivity index (χ2v) is 9.60. The predicted octanol–water partition coefficient (Wildman–Crippen LogP) is 4.38. The summed E-state index contributed by atoms with van der Waals surface area (Å²) in [5, 5.41) is 0. The average molecular weight is 508 g/mol. The van der Waals surface area contributed by atoms with Crippen LogP contribution in [-0.4, -0.2) is 65.4 Å². The van der Waals surface area contributed by atoms with E-state index in [1.807, 2.05) is 37.3 Å². The maximum absolute atomic E-state index is 14.5. The fraction of sp³-hybridized carbons (Fsp3) is 0.393. The fourth-order valence-corrected chi connectivity index (χ4v) is 4.91. The maximum Gasteiger partial charge on any atom is 0.230 e. The summed E-state index contributed by atoms with van der Waals surface area (Å²) in [5.41, 5.74) is 2.43. The van der Waals surface area contributed by atoms with Gasteiger partial charge in [0.2, 0.25) is 17.7 Å². The van der Waals surface area contributed by atoms with Crippen LogP contribution in [0, 0.1) is 11.6 Å². The molecule has 194 valence electrons. The smallest absolute Gasteiger partial charge is 0.230 e. The van der Waals surface area contributed by atoms with E-state index in [2.05, 4.69) is 21.8 Å². The molecule has 0 N–H and O–H groups in total. The van der Waals surface area contributed by atoms with Crippen molar-refractivity contribution in [2.24, 2.45) is 0 Å². The number of anilines is 1. The highest BCUT2D eigenvalue weighted by Gasteiger charge is 2.32. The molecule has 0 spiro atoms. The first kappa shape index (κ1) is 25.1. The van der Waals surface area contributed by atoms with Crippen molar-refractivity contribution < 1.29 is 18.3 Å². The molecular formula is C28H31F2N5O2. The number of carbonyl (C=O) groups is 1. The quantitative estimate of drug-likeness (QED) is 0.494. The van der Waals surface area contributed by atoms with Crippen LogP contribution in [0.5, 0.6) is 11.6 Å². The Kier molecular flexibility index (Phi) is 7.32. The largest absolute Gasteiger partial charge is 0.435 e. The summed E-state index contributed by atoms with van der Waals surface area (Å²) in [4.78, 5) is 29.2. The van der Waals surface area contributed by atoms with Crippen molar-refractivity contribution in [1.29, 1.82) is 0 Å². The standard InChI is InChI=1S/C28H31F2N5O2/c1-3-21(19-7-5-4-6-8-19)27(36)35-12-11-24-22(18-35)26(37-25-10-9-20(29)17-23(25)30)32-28(31-24)34-15-13-33(2)14-16-34/h4-10,17,21H,3,11-16,18H2,1-2H3/t21-/m0/s1. The molecule has 1 amide bonds. The summed E-state index contributed by atoms with van der Waals surface area (Å²) in [5.74, 6) is -1.11. The molecule has 0 bridgehead atoms. The van der Waals surface area contributed by atoms with Crippen LogP contribution in [0.4, 0.5) is 14.7 Å². The van der Waals surface area contributed by atoms with Crippen LogP contribution in [-0.2, 0) is 17.8 Å². The van der Waals surface area contributed by atoms with Gasteiger partial charge in [-0.05, 0) is 31.2 Å². The Balaban J connectivity index is 1.47. The monoisotopic (exact) mass is 507 g/mol. The normalized spacial score (nSPS) is 16.9. The molecule has 2 aliphatic heterocycles. The van der Waals surface area contributed by atoms with Crippen molar-refractivity contribution in [2.45, 2.75) is 32.2 Å². The lowest BCUT2D eigenvalue weighted by Gasteiger charge is -2.35. The fourth-order valence-electron chi connectivity index (χ4n) is 4.91. The molecule has 1 saturated heterocycles. The van der Waals surface area contributed by atoms with Crippen LogP contribution in [0.2, 0.25) is 0 Å². The Morgan fingerprint density at radius 1 is 1.03 bits per heavy atom. The first-order valence-corrected chi connectivity index (χ1v) is 12.7. The zero-order valence-electron chi connectivity index (χ0n) is 21.2. The molecular weight excluding hydrogens is 476 g/mol.